The third kappa shape index (κ3) is 31.8. The summed E-state index contributed by atoms with van der Waals surface area (Å²) >= 11 is 0. The summed E-state index contributed by atoms with van der Waals surface area (Å²) < 4.78 is 56.7. The third-order valence-corrected chi connectivity index (χ3v) is 14.1. The molecule has 19 nitrogen and oxygen atoms in total. The molecule has 0 aromatic carbocycles. The fourth-order valence-corrected chi connectivity index (χ4v) is 9.57. The molecule has 0 radical (unpaired) electrons. The number of nitrogen functional groups attached to an aromatic ring is 1. The standard InChI is InChI=1S/C50H85N3O16P2/c1-2-3-4-5-6-7-8-9-13-16-19-22-25-28-31-34-45(55)64-39-42(67-46(56)35-32-29-26-23-20-17-14-11-10-12-15-18-21-24-27-30-33-38-54)40-65-70(60,61)69-71(62,63)66-41-43-47(57)48(58)49(68-43)53-37-36-44(51)52-50(53)59/h10,12,14,17-18,21,23,26,36-37,42-43,47-49,54,57-58H,2-9,11,13,15-16,19-20,22,24-25,27-35,38-41H2,1H3,(H,60,61)(H,62,63)(H2,51,52,59)/b12-10-,17-14-,21-18-,26-23-/t42-,43-,47-,48-,49-/m1/s1. The molecule has 21 heteroatoms. The van der Waals surface area contributed by atoms with Crippen molar-refractivity contribution in [3.05, 3.63) is 71.4 Å². The van der Waals surface area contributed by atoms with Gasteiger partial charge in [0.1, 0.15) is 30.7 Å². The van der Waals surface area contributed by atoms with Gasteiger partial charge in [0.15, 0.2) is 12.3 Å². The Morgan fingerprint density at radius 3 is 1.77 bits per heavy atom. The van der Waals surface area contributed by atoms with Gasteiger partial charge in [-0.3, -0.25) is 23.2 Å². The number of unbranched alkanes of at least 4 members (excludes halogenated alkanes) is 18. The second-order valence-corrected chi connectivity index (χ2v) is 20.8. The third-order valence-electron chi connectivity index (χ3n) is 11.5. The van der Waals surface area contributed by atoms with E-state index >= 15 is 0 Å². The summed E-state index contributed by atoms with van der Waals surface area (Å²) in [4.78, 5) is 61.9. The van der Waals surface area contributed by atoms with Crippen LogP contribution in [0.25, 0.3) is 0 Å². The van der Waals surface area contributed by atoms with Gasteiger partial charge in [-0.1, -0.05) is 152 Å². The number of nitrogens with zero attached hydrogens (tertiary/aromatic N) is 2. The van der Waals surface area contributed by atoms with E-state index in [1.54, 1.807) is 0 Å². The molecule has 406 valence electrons. The van der Waals surface area contributed by atoms with Crippen molar-refractivity contribution < 1.29 is 71.4 Å². The average molecular weight is 1050 g/mol. The number of phosphoric ester groups is 2. The number of ether oxygens (including phenoxy) is 3. The number of carbonyl (C=O) groups excluding carboxylic acids is 2. The lowest BCUT2D eigenvalue weighted by atomic mass is 10.0. The van der Waals surface area contributed by atoms with Crippen LogP contribution < -0.4 is 11.4 Å². The molecule has 0 bridgehead atoms. The van der Waals surface area contributed by atoms with Gasteiger partial charge in [-0.05, 0) is 63.9 Å². The highest BCUT2D eigenvalue weighted by Crippen LogP contribution is 2.60. The zero-order chi connectivity index (χ0) is 52.0. The van der Waals surface area contributed by atoms with Gasteiger partial charge in [-0.15, -0.1) is 0 Å². The van der Waals surface area contributed by atoms with Gasteiger partial charge in [0.05, 0.1) is 13.2 Å². The number of aromatic nitrogens is 2. The van der Waals surface area contributed by atoms with E-state index in [4.69, 9.17) is 34.1 Å². The lowest BCUT2D eigenvalue weighted by molar-refractivity contribution is -0.161. The number of carbonyl (C=O) groups is 2. The molecule has 71 heavy (non-hydrogen) atoms. The van der Waals surface area contributed by atoms with Crippen molar-refractivity contribution in [2.45, 2.75) is 205 Å². The van der Waals surface area contributed by atoms with Crippen LogP contribution >= 0.6 is 15.6 Å². The van der Waals surface area contributed by atoms with Gasteiger partial charge in [0.25, 0.3) is 0 Å². The zero-order valence-electron chi connectivity index (χ0n) is 42.0. The Morgan fingerprint density at radius 2 is 1.21 bits per heavy atom. The normalized spacial score (nSPS) is 19.5. The topological polar surface area (TPSA) is 286 Å². The largest absolute Gasteiger partial charge is 0.481 e. The molecular weight excluding hydrogens is 961 g/mol. The van der Waals surface area contributed by atoms with E-state index < -0.39 is 83.7 Å². The molecule has 0 aliphatic carbocycles. The highest BCUT2D eigenvalue weighted by atomic mass is 31.3. The molecule has 1 aromatic heterocycles. The molecule has 0 saturated carbocycles. The minimum atomic E-state index is -5.44. The Bertz CT molecular complexity index is 1880. The summed E-state index contributed by atoms with van der Waals surface area (Å²) in [5, 5.41) is 29.7. The van der Waals surface area contributed by atoms with Crippen molar-refractivity contribution in [3.8, 4) is 0 Å². The van der Waals surface area contributed by atoms with Gasteiger partial charge >= 0.3 is 33.3 Å². The monoisotopic (exact) mass is 1050 g/mol. The van der Waals surface area contributed by atoms with Crippen LogP contribution in [0.15, 0.2) is 65.7 Å². The maximum absolute atomic E-state index is 12.8. The number of hydrogen-bond acceptors (Lipinski definition) is 16. The van der Waals surface area contributed by atoms with E-state index in [9.17, 15) is 43.5 Å². The molecule has 7 N–H and O–H groups in total. The van der Waals surface area contributed by atoms with Crippen molar-refractivity contribution in [2.75, 3.05) is 32.2 Å². The van der Waals surface area contributed by atoms with Crippen molar-refractivity contribution in [1.29, 1.82) is 0 Å². The zero-order valence-corrected chi connectivity index (χ0v) is 43.8. The van der Waals surface area contributed by atoms with E-state index in [0.29, 0.717) is 19.3 Å². The Hall–Kier alpha value is -3.32. The van der Waals surface area contributed by atoms with Crippen LogP contribution in [0.2, 0.25) is 0 Å². The highest BCUT2D eigenvalue weighted by molar-refractivity contribution is 7.61. The van der Waals surface area contributed by atoms with Crippen LogP contribution in [0.4, 0.5) is 5.82 Å². The van der Waals surface area contributed by atoms with Crippen molar-refractivity contribution >= 4 is 33.4 Å². The van der Waals surface area contributed by atoms with Crippen molar-refractivity contribution in [1.82, 2.24) is 9.55 Å². The Balaban J connectivity index is 1.82. The minimum Gasteiger partial charge on any atom is -0.462 e. The first kappa shape index (κ1) is 63.8. The van der Waals surface area contributed by atoms with E-state index in [1.807, 2.05) is 18.2 Å². The first-order valence-electron chi connectivity index (χ1n) is 25.8. The van der Waals surface area contributed by atoms with E-state index in [2.05, 4.69) is 46.6 Å². The van der Waals surface area contributed by atoms with E-state index in [-0.39, 0.29) is 25.3 Å². The van der Waals surface area contributed by atoms with Crippen LogP contribution in [-0.2, 0) is 46.3 Å². The minimum absolute atomic E-state index is 0.0350. The molecule has 1 fully saturated rings. The first-order chi connectivity index (χ1) is 34.2. The molecule has 0 spiro atoms. The van der Waals surface area contributed by atoms with E-state index in [0.717, 1.165) is 81.4 Å². The lowest BCUT2D eigenvalue weighted by Crippen LogP contribution is -2.36. The Kier molecular flexibility index (Phi) is 35.2. The number of allylic oxidation sites excluding steroid dienone is 8. The molecule has 0 amide bonds. The van der Waals surface area contributed by atoms with Crippen LogP contribution in [0.1, 0.15) is 180 Å². The van der Waals surface area contributed by atoms with Crippen LogP contribution in [0, 0.1) is 0 Å². The smallest absolute Gasteiger partial charge is 0.462 e. The second kappa shape index (κ2) is 39.2. The second-order valence-electron chi connectivity index (χ2n) is 17.8. The predicted octanol–water partition coefficient (Wildman–Crippen LogP) is 9.53. The average Bonchev–Trinajstić information content (AvgIpc) is 3.61. The lowest BCUT2D eigenvalue weighted by Gasteiger charge is -2.21. The van der Waals surface area contributed by atoms with Gasteiger partial charge in [-0.25, -0.2) is 13.9 Å². The van der Waals surface area contributed by atoms with Crippen LogP contribution in [0.5, 0.6) is 0 Å². The summed E-state index contributed by atoms with van der Waals surface area (Å²) in [5.41, 5.74) is 4.58. The summed E-state index contributed by atoms with van der Waals surface area (Å²) in [7, 11) is -10.9. The molecule has 1 saturated heterocycles. The molecule has 1 aliphatic rings. The molecule has 1 aromatic rings. The summed E-state index contributed by atoms with van der Waals surface area (Å²) in [5.74, 6) is -1.38. The summed E-state index contributed by atoms with van der Waals surface area (Å²) in [6.45, 7) is 0.114. The fourth-order valence-electron chi connectivity index (χ4n) is 7.46. The van der Waals surface area contributed by atoms with E-state index in [1.165, 1.54) is 70.3 Å². The SMILES string of the molecule is CCCCCCCCCCCCCCCCCC(=O)OC[C@H](COP(=O)(O)OP(=O)(O)OC[C@H]1O[C@@H](n2ccc(N)nc2=O)[C@H](O)[C@@H]1O)OC(=O)CCC/C=C\C/C=C\C/C=C\C/C=C\CCCCCO. The molecular formula is C50H85N3O16P2. The van der Waals surface area contributed by atoms with Gasteiger partial charge in [0, 0.05) is 25.6 Å². The molecule has 7 atom stereocenters. The quantitative estimate of drug-likeness (QED) is 0.0154. The number of aliphatic hydroxyl groups is 3. The number of hydrogen-bond donors (Lipinski definition) is 6. The Labute approximate surface area is 421 Å². The summed E-state index contributed by atoms with van der Waals surface area (Å²) in [6, 6.07) is 1.24. The number of rotatable bonds is 43. The predicted molar refractivity (Wildman–Crippen MR) is 272 cm³/mol. The number of esters is 2. The van der Waals surface area contributed by atoms with Gasteiger partial charge < -0.3 is 45.1 Å². The molecule has 2 unspecified atom stereocenters. The maximum atomic E-state index is 12.8. The number of anilines is 1. The maximum Gasteiger partial charge on any atom is 0.481 e. The van der Waals surface area contributed by atoms with Crippen LogP contribution in [0.3, 0.4) is 0 Å². The number of nitrogens with two attached hydrogens (primary N) is 1. The highest BCUT2D eigenvalue weighted by Gasteiger charge is 2.46. The number of phosphoric acid groups is 2. The number of aliphatic hydroxyl groups excluding tert-OH is 3. The first-order valence-corrected chi connectivity index (χ1v) is 28.7. The van der Waals surface area contributed by atoms with Crippen molar-refractivity contribution in [3.63, 3.8) is 0 Å². The summed E-state index contributed by atoms with van der Waals surface area (Å²) in [6.07, 6.45) is 34.9. The van der Waals surface area contributed by atoms with Gasteiger partial charge in [-0.2, -0.15) is 9.29 Å². The Morgan fingerprint density at radius 1 is 0.704 bits per heavy atom. The molecule has 2 heterocycles. The van der Waals surface area contributed by atoms with Gasteiger partial charge in [0.2, 0.25) is 0 Å². The molecule has 1 aliphatic heterocycles. The fraction of sp³-hybridized carbons (Fsp3) is 0.720. The van der Waals surface area contributed by atoms with Crippen molar-refractivity contribution in [2.24, 2.45) is 0 Å². The molecule has 2 rings (SSSR count). The van der Waals surface area contributed by atoms with Crippen LogP contribution in [-0.4, -0.2) is 97.4 Å².